The molecule has 0 aromatic heterocycles. The third-order valence-electron chi connectivity index (χ3n) is 3.48. The van der Waals surface area contributed by atoms with Crippen LogP contribution < -0.4 is 15.5 Å². The lowest BCUT2D eigenvalue weighted by Gasteiger charge is -2.25. The monoisotopic (exact) mass is 311 g/mol. The standard InChI is InChI=1S/C14H22BrN3/c1-18(2)14-4-3-12(15)9-13(14)17-10-11-5-7-16-8-6-11/h3-4,9,11,16-17H,5-8,10H2,1-2H3. The van der Waals surface area contributed by atoms with Crippen LogP contribution in [0.4, 0.5) is 11.4 Å². The molecule has 0 aliphatic carbocycles. The van der Waals surface area contributed by atoms with E-state index in [-0.39, 0.29) is 0 Å². The Hall–Kier alpha value is -0.740. The number of hydrogen-bond donors (Lipinski definition) is 2. The van der Waals surface area contributed by atoms with E-state index in [0.717, 1.165) is 30.0 Å². The van der Waals surface area contributed by atoms with Gasteiger partial charge in [0.05, 0.1) is 11.4 Å². The van der Waals surface area contributed by atoms with E-state index in [9.17, 15) is 0 Å². The first-order chi connectivity index (χ1) is 8.66. The Morgan fingerprint density at radius 3 is 2.72 bits per heavy atom. The van der Waals surface area contributed by atoms with Crippen molar-refractivity contribution < 1.29 is 0 Å². The van der Waals surface area contributed by atoms with Crippen molar-refractivity contribution in [1.29, 1.82) is 0 Å². The van der Waals surface area contributed by atoms with Crippen LogP contribution >= 0.6 is 15.9 Å². The normalized spacial score (nSPS) is 16.6. The molecule has 0 unspecified atom stereocenters. The average molecular weight is 312 g/mol. The van der Waals surface area contributed by atoms with E-state index in [0.29, 0.717) is 0 Å². The molecule has 0 bridgehead atoms. The summed E-state index contributed by atoms with van der Waals surface area (Å²) in [7, 11) is 4.16. The highest BCUT2D eigenvalue weighted by Crippen LogP contribution is 2.28. The first-order valence-electron chi connectivity index (χ1n) is 6.58. The summed E-state index contributed by atoms with van der Waals surface area (Å²) in [6.07, 6.45) is 2.55. The van der Waals surface area contributed by atoms with Crippen molar-refractivity contribution in [2.75, 3.05) is 43.9 Å². The molecule has 2 N–H and O–H groups in total. The lowest BCUT2D eigenvalue weighted by atomic mass is 9.98. The molecule has 100 valence electrons. The lowest BCUT2D eigenvalue weighted by Crippen LogP contribution is -2.31. The zero-order chi connectivity index (χ0) is 13.0. The maximum absolute atomic E-state index is 3.61. The Morgan fingerprint density at radius 2 is 2.06 bits per heavy atom. The van der Waals surface area contributed by atoms with E-state index in [2.05, 4.69) is 63.8 Å². The van der Waals surface area contributed by atoms with Gasteiger partial charge in [0.1, 0.15) is 0 Å². The van der Waals surface area contributed by atoms with E-state index in [4.69, 9.17) is 0 Å². The van der Waals surface area contributed by atoms with Gasteiger partial charge in [-0.3, -0.25) is 0 Å². The van der Waals surface area contributed by atoms with Crippen molar-refractivity contribution >= 4 is 27.3 Å². The van der Waals surface area contributed by atoms with Gasteiger partial charge in [0.2, 0.25) is 0 Å². The highest BCUT2D eigenvalue weighted by atomic mass is 79.9. The molecule has 1 fully saturated rings. The minimum atomic E-state index is 0.792. The number of rotatable bonds is 4. The van der Waals surface area contributed by atoms with Crippen molar-refractivity contribution in [2.45, 2.75) is 12.8 Å². The summed E-state index contributed by atoms with van der Waals surface area (Å²) in [5.41, 5.74) is 2.46. The highest BCUT2D eigenvalue weighted by Gasteiger charge is 2.13. The minimum Gasteiger partial charge on any atom is -0.383 e. The molecule has 0 spiro atoms. The van der Waals surface area contributed by atoms with Crippen LogP contribution in [0.3, 0.4) is 0 Å². The summed E-state index contributed by atoms with van der Waals surface area (Å²) < 4.78 is 1.13. The summed E-state index contributed by atoms with van der Waals surface area (Å²) in [6.45, 7) is 3.38. The van der Waals surface area contributed by atoms with Crippen molar-refractivity contribution in [2.24, 2.45) is 5.92 Å². The van der Waals surface area contributed by atoms with E-state index < -0.39 is 0 Å². The molecule has 0 radical (unpaired) electrons. The summed E-state index contributed by atoms with van der Waals surface area (Å²) in [6, 6.07) is 6.40. The fraction of sp³-hybridized carbons (Fsp3) is 0.571. The molecule has 1 aromatic rings. The van der Waals surface area contributed by atoms with Crippen molar-refractivity contribution in [3.8, 4) is 0 Å². The lowest BCUT2D eigenvalue weighted by molar-refractivity contribution is 0.390. The molecule has 0 saturated carbocycles. The number of hydrogen-bond acceptors (Lipinski definition) is 3. The first-order valence-corrected chi connectivity index (χ1v) is 7.37. The number of piperidine rings is 1. The van der Waals surface area contributed by atoms with Crippen molar-refractivity contribution in [3.05, 3.63) is 22.7 Å². The molecule has 2 rings (SSSR count). The smallest absolute Gasteiger partial charge is 0.0597 e. The summed E-state index contributed by atoms with van der Waals surface area (Å²) in [4.78, 5) is 2.15. The zero-order valence-electron chi connectivity index (χ0n) is 11.2. The molecule has 1 aliphatic rings. The van der Waals surface area contributed by atoms with E-state index in [1.54, 1.807) is 0 Å². The average Bonchev–Trinajstić information content (AvgIpc) is 2.37. The van der Waals surface area contributed by atoms with Gasteiger partial charge >= 0.3 is 0 Å². The third-order valence-corrected chi connectivity index (χ3v) is 3.97. The second kappa shape index (κ2) is 6.43. The Labute approximate surface area is 118 Å². The van der Waals surface area contributed by atoms with Crippen LogP contribution in [0.5, 0.6) is 0 Å². The van der Waals surface area contributed by atoms with E-state index >= 15 is 0 Å². The fourth-order valence-electron chi connectivity index (χ4n) is 2.38. The molecule has 1 saturated heterocycles. The van der Waals surface area contributed by atoms with Crippen LogP contribution in [0.1, 0.15) is 12.8 Å². The summed E-state index contributed by atoms with van der Waals surface area (Å²) in [5, 5.41) is 7.01. The molecule has 0 atom stereocenters. The van der Waals surface area contributed by atoms with Gasteiger partial charge in [0.15, 0.2) is 0 Å². The first kappa shape index (κ1) is 13.7. The molecular weight excluding hydrogens is 290 g/mol. The number of benzene rings is 1. The van der Waals surface area contributed by atoms with Gasteiger partial charge in [-0.25, -0.2) is 0 Å². The van der Waals surface area contributed by atoms with Gasteiger partial charge in [-0.2, -0.15) is 0 Å². The Morgan fingerprint density at radius 1 is 1.33 bits per heavy atom. The van der Waals surface area contributed by atoms with E-state index in [1.807, 2.05) is 0 Å². The SMILES string of the molecule is CN(C)c1ccc(Br)cc1NCC1CCNCC1. The topological polar surface area (TPSA) is 27.3 Å². The second-order valence-electron chi connectivity index (χ2n) is 5.13. The van der Waals surface area contributed by atoms with Gasteiger partial charge in [-0.15, -0.1) is 0 Å². The molecule has 1 aliphatic heterocycles. The fourth-order valence-corrected chi connectivity index (χ4v) is 2.74. The van der Waals surface area contributed by atoms with Crippen LogP contribution in [0.2, 0.25) is 0 Å². The highest BCUT2D eigenvalue weighted by molar-refractivity contribution is 9.10. The van der Waals surface area contributed by atoms with Crippen LogP contribution in [0.25, 0.3) is 0 Å². The van der Waals surface area contributed by atoms with Gasteiger partial charge in [-0.05, 0) is 50.0 Å². The molecule has 1 aromatic carbocycles. The molecule has 18 heavy (non-hydrogen) atoms. The van der Waals surface area contributed by atoms with Gasteiger partial charge < -0.3 is 15.5 Å². The summed E-state index contributed by atoms with van der Waals surface area (Å²) in [5.74, 6) is 0.792. The van der Waals surface area contributed by atoms with Crippen LogP contribution in [-0.4, -0.2) is 33.7 Å². The van der Waals surface area contributed by atoms with Crippen LogP contribution in [0.15, 0.2) is 22.7 Å². The Bertz CT molecular complexity index is 387. The Kier molecular flexibility index (Phi) is 4.89. The van der Waals surface area contributed by atoms with Gasteiger partial charge in [0, 0.05) is 25.1 Å². The predicted octanol–water partition coefficient (Wildman–Crippen LogP) is 2.93. The minimum absolute atomic E-state index is 0.792. The number of anilines is 2. The maximum Gasteiger partial charge on any atom is 0.0597 e. The van der Waals surface area contributed by atoms with Gasteiger partial charge in [-0.1, -0.05) is 15.9 Å². The van der Waals surface area contributed by atoms with Crippen molar-refractivity contribution in [1.82, 2.24) is 5.32 Å². The van der Waals surface area contributed by atoms with Gasteiger partial charge in [0.25, 0.3) is 0 Å². The zero-order valence-corrected chi connectivity index (χ0v) is 12.8. The third kappa shape index (κ3) is 3.62. The second-order valence-corrected chi connectivity index (χ2v) is 6.05. The molecule has 0 amide bonds. The van der Waals surface area contributed by atoms with E-state index in [1.165, 1.54) is 24.2 Å². The van der Waals surface area contributed by atoms with Crippen LogP contribution in [-0.2, 0) is 0 Å². The van der Waals surface area contributed by atoms with Crippen molar-refractivity contribution in [3.63, 3.8) is 0 Å². The Balaban J connectivity index is 2.00. The number of nitrogens with zero attached hydrogens (tertiary/aromatic N) is 1. The molecule has 4 heteroatoms. The maximum atomic E-state index is 3.61. The molecule has 1 heterocycles. The quantitative estimate of drug-likeness (QED) is 0.895. The molecule has 3 nitrogen and oxygen atoms in total. The number of halogens is 1. The summed E-state index contributed by atoms with van der Waals surface area (Å²) >= 11 is 3.54. The molecular formula is C14H22BrN3. The van der Waals surface area contributed by atoms with Crippen LogP contribution in [0, 0.1) is 5.92 Å². The largest absolute Gasteiger partial charge is 0.383 e. The predicted molar refractivity (Wildman–Crippen MR) is 82.6 cm³/mol. The number of nitrogens with one attached hydrogen (secondary N) is 2.